The van der Waals surface area contributed by atoms with Gasteiger partial charge in [-0.25, -0.2) is 4.79 Å². The average Bonchev–Trinajstić information content (AvgIpc) is 2.42. The summed E-state index contributed by atoms with van der Waals surface area (Å²) in [5.41, 5.74) is 1.53. The molecule has 0 aliphatic heterocycles. The second-order valence-electron chi connectivity index (χ2n) is 4.88. The first-order chi connectivity index (χ1) is 9.06. The van der Waals surface area contributed by atoms with Crippen molar-refractivity contribution < 1.29 is 14.3 Å². The second kappa shape index (κ2) is 8.20. The maximum atomic E-state index is 11.6. The van der Waals surface area contributed by atoms with Crippen molar-refractivity contribution in [2.24, 2.45) is 5.92 Å². The van der Waals surface area contributed by atoms with Gasteiger partial charge in [-0.05, 0) is 42.5 Å². The number of hydrogen-bond donors (Lipinski definition) is 0. The lowest BCUT2D eigenvalue weighted by molar-refractivity contribution is 0.0600. The molecule has 19 heavy (non-hydrogen) atoms. The maximum absolute atomic E-state index is 11.6. The molecule has 0 amide bonds. The molecule has 1 aromatic rings. The smallest absolute Gasteiger partial charge is 0.337 e. The van der Waals surface area contributed by atoms with Gasteiger partial charge in [0.25, 0.3) is 0 Å². The van der Waals surface area contributed by atoms with E-state index in [1.807, 2.05) is 12.1 Å². The first kappa shape index (κ1) is 16.0. The third-order valence-electron chi connectivity index (χ3n) is 2.74. The highest BCUT2D eigenvalue weighted by Crippen LogP contribution is 2.20. The van der Waals surface area contributed by atoms with Crippen molar-refractivity contribution in [2.75, 3.05) is 13.7 Å². The Hall–Kier alpha value is -1.03. The predicted molar refractivity (Wildman–Crippen MR) is 80.0 cm³/mol. The second-order valence-corrected chi connectivity index (χ2v) is 5.44. The van der Waals surface area contributed by atoms with Gasteiger partial charge in [-0.1, -0.05) is 29.8 Å². The van der Waals surface area contributed by atoms with Crippen LogP contribution in [-0.4, -0.2) is 19.7 Å². The van der Waals surface area contributed by atoms with Crippen LogP contribution < -0.4 is 4.74 Å². The summed E-state index contributed by atoms with van der Waals surface area (Å²) in [7, 11) is 1.38. The molecule has 0 spiro atoms. The largest absolute Gasteiger partial charge is 0.494 e. The fourth-order valence-corrected chi connectivity index (χ4v) is 2.06. The molecule has 0 bridgehead atoms. The summed E-state index contributed by atoms with van der Waals surface area (Å²) in [5.74, 6) is 1.07. The summed E-state index contributed by atoms with van der Waals surface area (Å²) in [5, 5.41) is 0.681. The van der Waals surface area contributed by atoms with Crippen LogP contribution in [0.1, 0.15) is 42.6 Å². The number of alkyl halides is 1. The van der Waals surface area contributed by atoms with Gasteiger partial charge < -0.3 is 9.47 Å². The van der Waals surface area contributed by atoms with E-state index in [1.165, 1.54) is 7.11 Å². The van der Waals surface area contributed by atoms with Crippen LogP contribution in [0.25, 0.3) is 0 Å². The van der Waals surface area contributed by atoms with Gasteiger partial charge in [0.05, 0.1) is 19.3 Å². The van der Waals surface area contributed by atoms with E-state index >= 15 is 0 Å². The zero-order chi connectivity index (χ0) is 14.3. The quantitative estimate of drug-likeness (QED) is 0.428. The molecule has 0 heterocycles. The van der Waals surface area contributed by atoms with Gasteiger partial charge in [-0.3, -0.25) is 0 Å². The summed E-state index contributed by atoms with van der Waals surface area (Å²) in [6.07, 6.45) is 2.16. The van der Waals surface area contributed by atoms with Crippen molar-refractivity contribution >= 4 is 21.9 Å². The Kier molecular flexibility index (Phi) is 6.92. The Balaban J connectivity index is 2.68. The SMILES string of the molecule is COC(=O)c1cc(CBr)cc(OCCCC(C)C)c1. The van der Waals surface area contributed by atoms with Crippen LogP contribution in [0.4, 0.5) is 0 Å². The molecular weight excluding hydrogens is 308 g/mol. The van der Waals surface area contributed by atoms with Gasteiger partial charge in [-0.2, -0.15) is 0 Å². The highest BCUT2D eigenvalue weighted by Gasteiger charge is 2.09. The highest BCUT2D eigenvalue weighted by molar-refractivity contribution is 9.08. The van der Waals surface area contributed by atoms with E-state index in [0.29, 0.717) is 23.4 Å². The van der Waals surface area contributed by atoms with E-state index in [9.17, 15) is 4.79 Å². The fourth-order valence-electron chi connectivity index (χ4n) is 1.74. The maximum Gasteiger partial charge on any atom is 0.337 e. The molecule has 0 aliphatic rings. The lowest BCUT2D eigenvalue weighted by Crippen LogP contribution is -2.04. The Bertz CT molecular complexity index is 416. The van der Waals surface area contributed by atoms with E-state index in [-0.39, 0.29) is 5.97 Å². The van der Waals surface area contributed by atoms with Crippen LogP contribution in [-0.2, 0) is 10.1 Å². The van der Waals surface area contributed by atoms with E-state index in [2.05, 4.69) is 29.8 Å². The minimum absolute atomic E-state index is 0.338. The summed E-state index contributed by atoms with van der Waals surface area (Å²) in [6.45, 7) is 5.06. The van der Waals surface area contributed by atoms with Gasteiger partial charge in [0.1, 0.15) is 5.75 Å². The summed E-state index contributed by atoms with van der Waals surface area (Å²) >= 11 is 3.39. The van der Waals surface area contributed by atoms with Crippen molar-refractivity contribution in [1.82, 2.24) is 0 Å². The summed E-state index contributed by atoms with van der Waals surface area (Å²) < 4.78 is 10.4. The molecule has 1 rings (SSSR count). The van der Waals surface area contributed by atoms with Crippen LogP contribution in [0.2, 0.25) is 0 Å². The number of halogens is 1. The van der Waals surface area contributed by atoms with Crippen LogP contribution in [0.15, 0.2) is 18.2 Å². The van der Waals surface area contributed by atoms with Gasteiger partial charge in [0, 0.05) is 5.33 Å². The number of esters is 1. The van der Waals surface area contributed by atoms with Gasteiger partial charge in [-0.15, -0.1) is 0 Å². The number of benzene rings is 1. The lowest BCUT2D eigenvalue weighted by atomic mass is 10.1. The Morgan fingerprint density at radius 3 is 2.63 bits per heavy atom. The fraction of sp³-hybridized carbons (Fsp3) is 0.533. The Morgan fingerprint density at radius 1 is 1.32 bits per heavy atom. The number of ether oxygens (including phenoxy) is 2. The van der Waals surface area contributed by atoms with Crippen LogP contribution in [0.3, 0.4) is 0 Å². The lowest BCUT2D eigenvalue weighted by Gasteiger charge is -2.10. The molecule has 0 aromatic heterocycles. The number of hydrogen-bond acceptors (Lipinski definition) is 3. The van der Waals surface area contributed by atoms with E-state index in [4.69, 9.17) is 9.47 Å². The minimum atomic E-state index is -0.338. The molecule has 0 saturated carbocycles. The molecule has 3 nitrogen and oxygen atoms in total. The average molecular weight is 329 g/mol. The number of carbonyl (C=O) groups excluding carboxylic acids is 1. The molecule has 1 aromatic carbocycles. The van der Waals surface area contributed by atoms with Crippen molar-refractivity contribution in [3.63, 3.8) is 0 Å². The number of methoxy groups -OCH3 is 1. The van der Waals surface area contributed by atoms with Gasteiger partial charge in [0.2, 0.25) is 0 Å². The molecule has 0 N–H and O–H groups in total. The Labute approximate surface area is 123 Å². The van der Waals surface area contributed by atoms with Gasteiger partial charge in [0.15, 0.2) is 0 Å². The van der Waals surface area contributed by atoms with Crippen molar-refractivity contribution in [3.8, 4) is 5.75 Å². The van der Waals surface area contributed by atoms with Crippen molar-refractivity contribution in [1.29, 1.82) is 0 Å². The third-order valence-corrected chi connectivity index (χ3v) is 3.38. The molecule has 4 heteroatoms. The van der Waals surface area contributed by atoms with Crippen LogP contribution in [0.5, 0.6) is 5.75 Å². The molecule has 0 fully saturated rings. The molecule has 0 atom stereocenters. The van der Waals surface area contributed by atoms with Crippen LogP contribution in [0, 0.1) is 5.92 Å². The first-order valence-electron chi connectivity index (χ1n) is 6.48. The first-order valence-corrected chi connectivity index (χ1v) is 7.60. The topological polar surface area (TPSA) is 35.5 Å². The number of rotatable bonds is 7. The standard InChI is InChI=1S/C15H21BrO3/c1-11(2)5-4-6-19-14-8-12(10-16)7-13(9-14)15(17)18-3/h7-9,11H,4-6,10H2,1-3H3. The van der Waals surface area contributed by atoms with Crippen molar-refractivity contribution in [3.05, 3.63) is 29.3 Å². The predicted octanol–water partition coefficient (Wildman–Crippen LogP) is 4.18. The molecule has 0 unspecified atom stereocenters. The van der Waals surface area contributed by atoms with Gasteiger partial charge >= 0.3 is 5.97 Å². The zero-order valence-electron chi connectivity index (χ0n) is 11.7. The minimum Gasteiger partial charge on any atom is -0.494 e. The monoisotopic (exact) mass is 328 g/mol. The molecule has 0 aliphatic carbocycles. The third kappa shape index (κ3) is 5.64. The summed E-state index contributed by atoms with van der Waals surface area (Å²) in [6, 6.07) is 5.48. The molecule has 0 radical (unpaired) electrons. The van der Waals surface area contributed by atoms with E-state index in [0.717, 1.165) is 24.2 Å². The summed E-state index contributed by atoms with van der Waals surface area (Å²) in [4.78, 5) is 11.6. The zero-order valence-corrected chi connectivity index (χ0v) is 13.3. The molecular formula is C15H21BrO3. The van der Waals surface area contributed by atoms with E-state index < -0.39 is 0 Å². The molecule has 106 valence electrons. The van der Waals surface area contributed by atoms with Crippen LogP contribution >= 0.6 is 15.9 Å². The highest BCUT2D eigenvalue weighted by atomic mass is 79.9. The van der Waals surface area contributed by atoms with E-state index in [1.54, 1.807) is 6.07 Å². The van der Waals surface area contributed by atoms with Crippen molar-refractivity contribution in [2.45, 2.75) is 32.0 Å². The molecule has 0 saturated heterocycles. The number of carbonyl (C=O) groups is 1. The Morgan fingerprint density at radius 2 is 2.05 bits per heavy atom. The normalized spacial score (nSPS) is 10.6.